The lowest BCUT2D eigenvalue weighted by Crippen LogP contribution is -2.51. The SMILES string of the molecule is CCOC(=O)Oc1ccc(C(=O)N2CCN(C(=O)Cc3cccc(F)c3)CC2)cc1. The van der Waals surface area contributed by atoms with Crippen LogP contribution in [0.1, 0.15) is 22.8 Å². The van der Waals surface area contributed by atoms with Crippen molar-refractivity contribution >= 4 is 18.0 Å². The number of carbonyl (C=O) groups excluding carboxylic acids is 3. The monoisotopic (exact) mass is 414 g/mol. The number of hydrogen-bond donors (Lipinski definition) is 0. The summed E-state index contributed by atoms with van der Waals surface area (Å²) in [6.07, 6.45) is -0.663. The maximum atomic E-state index is 13.3. The van der Waals surface area contributed by atoms with E-state index in [1.807, 2.05) is 0 Å². The van der Waals surface area contributed by atoms with Crippen LogP contribution in [-0.2, 0) is 16.0 Å². The van der Waals surface area contributed by atoms with Crippen LogP contribution in [0.4, 0.5) is 9.18 Å². The summed E-state index contributed by atoms with van der Waals surface area (Å²) < 4.78 is 23.0. The Morgan fingerprint density at radius 2 is 1.63 bits per heavy atom. The summed E-state index contributed by atoms with van der Waals surface area (Å²) in [6.45, 7) is 3.56. The topological polar surface area (TPSA) is 76.2 Å². The molecule has 0 aromatic heterocycles. The minimum absolute atomic E-state index is 0.0897. The van der Waals surface area contributed by atoms with E-state index in [1.165, 1.54) is 24.3 Å². The molecular formula is C22H23FN2O5. The van der Waals surface area contributed by atoms with Crippen LogP contribution in [0, 0.1) is 5.82 Å². The summed E-state index contributed by atoms with van der Waals surface area (Å²) in [4.78, 5) is 39.8. The largest absolute Gasteiger partial charge is 0.513 e. The molecule has 0 atom stereocenters. The standard InChI is InChI=1S/C22H23FN2O5/c1-2-29-22(28)30-19-8-6-17(7-9-19)21(27)25-12-10-24(11-13-25)20(26)15-16-4-3-5-18(23)14-16/h3-9,14H,2,10-13,15H2,1H3. The molecule has 0 unspecified atom stereocenters. The van der Waals surface area contributed by atoms with Gasteiger partial charge in [0.05, 0.1) is 13.0 Å². The molecule has 0 N–H and O–H groups in total. The van der Waals surface area contributed by atoms with Gasteiger partial charge in [0.1, 0.15) is 11.6 Å². The highest BCUT2D eigenvalue weighted by Gasteiger charge is 2.25. The quantitative estimate of drug-likeness (QED) is 0.556. The van der Waals surface area contributed by atoms with Crippen LogP contribution >= 0.6 is 0 Å². The third-order valence-electron chi connectivity index (χ3n) is 4.73. The van der Waals surface area contributed by atoms with Crippen molar-refractivity contribution < 1.29 is 28.2 Å². The Hall–Kier alpha value is -3.42. The molecule has 30 heavy (non-hydrogen) atoms. The molecule has 1 heterocycles. The van der Waals surface area contributed by atoms with Crippen molar-refractivity contribution in [3.63, 3.8) is 0 Å². The average molecular weight is 414 g/mol. The second-order valence-electron chi connectivity index (χ2n) is 6.79. The number of ether oxygens (including phenoxy) is 2. The van der Waals surface area contributed by atoms with Crippen LogP contribution in [0.2, 0.25) is 0 Å². The molecule has 0 spiro atoms. The van der Waals surface area contributed by atoms with Crippen LogP contribution in [-0.4, -0.2) is 60.6 Å². The lowest BCUT2D eigenvalue weighted by Gasteiger charge is -2.35. The van der Waals surface area contributed by atoms with E-state index in [-0.39, 0.29) is 36.4 Å². The highest BCUT2D eigenvalue weighted by Crippen LogP contribution is 2.16. The maximum absolute atomic E-state index is 13.3. The van der Waals surface area contributed by atoms with Crippen molar-refractivity contribution in [3.05, 3.63) is 65.5 Å². The summed E-state index contributed by atoms with van der Waals surface area (Å²) in [7, 11) is 0. The van der Waals surface area contributed by atoms with E-state index in [1.54, 1.807) is 41.0 Å². The smallest absolute Gasteiger partial charge is 0.434 e. The fourth-order valence-corrected chi connectivity index (χ4v) is 3.18. The highest BCUT2D eigenvalue weighted by atomic mass is 19.1. The van der Waals surface area contributed by atoms with Gasteiger partial charge in [-0.15, -0.1) is 0 Å². The first-order chi connectivity index (χ1) is 14.5. The van der Waals surface area contributed by atoms with E-state index >= 15 is 0 Å². The second-order valence-corrected chi connectivity index (χ2v) is 6.79. The molecule has 0 saturated carbocycles. The van der Waals surface area contributed by atoms with E-state index in [2.05, 4.69) is 0 Å². The minimum Gasteiger partial charge on any atom is -0.434 e. The molecule has 8 heteroatoms. The fourth-order valence-electron chi connectivity index (χ4n) is 3.18. The normalized spacial score (nSPS) is 13.7. The number of rotatable bonds is 5. The number of carbonyl (C=O) groups is 3. The minimum atomic E-state index is -0.796. The van der Waals surface area contributed by atoms with Crippen LogP contribution in [0.3, 0.4) is 0 Å². The Bertz CT molecular complexity index is 908. The van der Waals surface area contributed by atoms with E-state index in [9.17, 15) is 18.8 Å². The molecule has 1 fully saturated rings. The first-order valence-electron chi connectivity index (χ1n) is 9.72. The lowest BCUT2D eigenvalue weighted by atomic mass is 10.1. The number of benzene rings is 2. The summed E-state index contributed by atoms with van der Waals surface area (Å²) >= 11 is 0. The zero-order valence-electron chi connectivity index (χ0n) is 16.7. The third-order valence-corrected chi connectivity index (χ3v) is 4.73. The summed E-state index contributed by atoms with van der Waals surface area (Å²) in [5, 5.41) is 0. The van der Waals surface area contributed by atoms with Crippen LogP contribution in [0.25, 0.3) is 0 Å². The van der Waals surface area contributed by atoms with E-state index in [0.717, 1.165) is 0 Å². The van der Waals surface area contributed by atoms with Crippen molar-refractivity contribution in [3.8, 4) is 5.75 Å². The summed E-state index contributed by atoms with van der Waals surface area (Å²) in [5.74, 6) is -0.324. The molecule has 2 aromatic rings. The van der Waals surface area contributed by atoms with Crippen molar-refractivity contribution in [1.82, 2.24) is 9.80 Å². The van der Waals surface area contributed by atoms with Gasteiger partial charge < -0.3 is 19.3 Å². The zero-order valence-corrected chi connectivity index (χ0v) is 16.7. The van der Waals surface area contributed by atoms with Crippen molar-refractivity contribution in [2.75, 3.05) is 32.8 Å². The first-order valence-corrected chi connectivity index (χ1v) is 9.72. The molecule has 1 saturated heterocycles. The molecule has 0 aliphatic carbocycles. The molecule has 2 amide bonds. The highest BCUT2D eigenvalue weighted by molar-refractivity contribution is 5.94. The van der Waals surface area contributed by atoms with Gasteiger partial charge in [-0.1, -0.05) is 12.1 Å². The summed E-state index contributed by atoms with van der Waals surface area (Å²) in [5.41, 5.74) is 1.09. The van der Waals surface area contributed by atoms with Gasteiger partial charge in [0, 0.05) is 31.7 Å². The van der Waals surface area contributed by atoms with E-state index in [4.69, 9.17) is 9.47 Å². The number of halogens is 1. The van der Waals surface area contributed by atoms with Crippen LogP contribution in [0.5, 0.6) is 5.75 Å². The van der Waals surface area contributed by atoms with E-state index in [0.29, 0.717) is 37.3 Å². The Kier molecular flexibility index (Phi) is 7.00. The molecule has 2 aromatic carbocycles. The maximum Gasteiger partial charge on any atom is 0.513 e. The zero-order chi connectivity index (χ0) is 21.5. The van der Waals surface area contributed by atoms with Gasteiger partial charge in [-0.05, 0) is 48.9 Å². The number of amides is 2. The lowest BCUT2D eigenvalue weighted by molar-refractivity contribution is -0.131. The second kappa shape index (κ2) is 9.87. The number of piperazine rings is 1. The molecule has 7 nitrogen and oxygen atoms in total. The molecule has 158 valence electrons. The van der Waals surface area contributed by atoms with Gasteiger partial charge in [0.25, 0.3) is 5.91 Å². The van der Waals surface area contributed by atoms with Gasteiger partial charge in [-0.25, -0.2) is 9.18 Å². The predicted octanol–water partition coefficient (Wildman–Crippen LogP) is 2.89. The van der Waals surface area contributed by atoms with Crippen LogP contribution < -0.4 is 4.74 Å². The Morgan fingerprint density at radius 1 is 0.967 bits per heavy atom. The molecule has 1 aliphatic rings. The van der Waals surface area contributed by atoms with Gasteiger partial charge in [0.15, 0.2) is 0 Å². The predicted molar refractivity (Wildman–Crippen MR) is 107 cm³/mol. The van der Waals surface area contributed by atoms with Crippen LogP contribution in [0.15, 0.2) is 48.5 Å². The molecule has 0 radical (unpaired) electrons. The third kappa shape index (κ3) is 5.56. The number of nitrogens with zero attached hydrogens (tertiary/aromatic N) is 2. The summed E-state index contributed by atoms with van der Waals surface area (Å²) in [6, 6.07) is 12.2. The molecule has 0 bridgehead atoms. The Labute approximate surface area is 174 Å². The van der Waals surface area contributed by atoms with Gasteiger partial charge in [-0.3, -0.25) is 9.59 Å². The fraction of sp³-hybridized carbons (Fsp3) is 0.318. The van der Waals surface area contributed by atoms with Crippen molar-refractivity contribution in [1.29, 1.82) is 0 Å². The van der Waals surface area contributed by atoms with Gasteiger partial charge in [0.2, 0.25) is 5.91 Å². The first kappa shape index (κ1) is 21.3. The molecular weight excluding hydrogens is 391 g/mol. The number of hydrogen-bond acceptors (Lipinski definition) is 5. The molecule has 3 rings (SSSR count). The van der Waals surface area contributed by atoms with E-state index < -0.39 is 6.16 Å². The average Bonchev–Trinajstić information content (AvgIpc) is 2.74. The van der Waals surface area contributed by atoms with Crippen molar-refractivity contribution in [2.24, 2.45) is 0 Å². The Morgan fingerprint density at radius 3 is 2.27 bits per heavy atom. The van der Waals surface area contributed by atoms with Gasteiger partial charge >= 0.3 is 6.16 Å². The van der Waals surface area contributed by atoms with Crippen molar-refractivity contribution in [2.45, 2.75) is 13.3 Å². The Balaban J connectivity index is 1.51. The molecule has 1 aliphatic heterocycles. The van der Waals surface area contributed by atoms with Gasteiger partial charge in [-0.2, -0.15) is 0 Å².